The summed E-state index contributed by atoms with van der Waals surface area (Å²) in [6.07, 6.45) is 4.57. The molecule has 0 saturated heterocycles. The maximum atomic E-state index is 8.95. The zero-order valence-electron chi connectivity index (χ0n) is 7.65. The van der Waals surface area contributed by atoms with Crippen molar-refractivity contribution in [1.82, 2.24) is 4.57 Å². The van der Waals surface area contributed by atoms with Crippen LogP contribution in [0.15, 0.2) is 18.3 Å². The van der Waals surface area contributed by atoms with Crippen molar-refractivity contribution in [2.45, 2.75) is 26.2 Å². The Bertz CT molecular complexity index is 266. The minimum atomic E-state index is 0.0831. The predicted octanol–water partition coefficient (Wildman–Crippen LogP) is 1.36. The molecule has 3 nitrogen and oxygen atoms in total. The fourth-order valence-corrected chi connectivity index (χ4v) is 1.32. The average Bonchev–Trinajstić information content (AvgIpc) is 2.84. The normalized spacial score (nSPS) is 16.4. The summed E-state index contributed by atoms with van der Waals surface area (Å²) in [5.74, 6) is 0.799. The summed E-state index contributed by atoms with van der Waals surface area (Å²) < 4.78 is 7.43. The number of nitrogens with zero attached hydrogens (tertiary/aromatic N) is 1. The van der Waals surface area contributed by atoms with Crippen molar-refractivity contribution in [2.24, 2.45) is 5.92 Å². The van der Waals surface area contributed by atoms with Gasteiger partial charge in [-0.05, 0) is 30.9 Å². The average molecular weight is 181 g/mol. The van der Waals surface area contributed by atoms with E-state index in [2.05, 4.69) is 0 Å². The summed E-state index contributed by atoms with van der Waals surface area (Å²) in [6.45, 7) is 1.52. The van der Waals surface area contributed by atoms with Gasteiger partial charge >= 0.3 is 0 Å². The lowest BCUT2D eigenvalue weighted by Gasteiger charge is -2.07. The Labute approximate surface area is 77.9 Å². The van der Waals surface area contributed by atoms with E-state index in [9.17, 15) is 0 Å². The first-order valence-electron chi connectivity index (χ1n) is 4.73. The largest absolute Gasteiger partial charge is 0.390 e. The van der Waals surface area contributed by atoms with Gasteiger partial charge in [-0.3, -0.25) is 0 Å². The summed E-state index contributed by atoms with van der Waals surface area (Å²) in [6, 6.07) is 3.83. The molecule has 1 N–H and O–H groups in total. The van der Waals surface area contributed by atoms with Crippen LogP contribution in [0.25, 0.3) is 0 Å². The number of aromatic nitrogens is 1. The molecule has 0 aromatic carbocycles. The molecule has 0 atom stereocenters. The van der Waals surface area contributed by atoms with Crippen molar-refractivity contribution in [1.29, 1.82) is 0 Å². The zero-order chi connectivity index (χ0) is 9.10. The second-order valence-electron chi connectivity index (χ2n) is 3.57. The van der Waals surface area contributed by atoms with Crippen molar-refractivity contribution in [3.05, 3.63) is 24.0 Å². The van der Waals surface area contributed by atoms with Gasteiger partial charge in [0.1, 0.15) is 6.73 Å². The number of aliphatic hydroxyl groups excluding tert-OH is 1. The van der Waals surface area contributed by atoms with Crippen LogP contribution in [0.1, 0.15) is 18.5 Å². The summed E-state index contributed by atoms with van der Waals surface area (Å²) in [5, 5.41) is 8.95. The highest BCUT2D eigenvalue weighted by molar-refractivity contribution is 5.05. The third-order valence-corrected chi connectivity index (χ3v) is 2.37. The molecule has 1 aromatic rings. The Morgan fingerprint density at radius 2 is 2.38 bits per heavy atom. The summed E-state index contributed by atoms with van der Waals surface area (Å²) in [7, 11) is 0. The van der Waals surface area contributed by atoms with E-state index in [0.29, 0.717) is 6.73 Å². The number of hydrogen-bond acceptors (Lipinski definition) is 2. The fourth-order valence-electron chi connectivity index (χ4n) is 1.32. The van der Waals surface area contributed by atoms with Crippen LogP contribution in [0.4, 0.5) is 0 Å². The summed E-state index contributed by atoms with van der Waals surface area (Å²) in [4.78, 5) is 0. The van der Waals surface area contributed by atoms with Gasteiger partial charge in [-0.25, -0.2) is 0 Å². The van der Waals surface area contributed by atoms with Gasteiger partial charge in [0.2, 0.25) is 0 Å². The minimum absolute atomic E-state index is 0.0831. The van der Waals surface area contributed by atoms with Gasteiger partial charge in [0.15, 0.2) is 0 Å². The molecule has 0 radical (unpaired) electrons. The van der Waals surface area contributed by atoms with Gasteiger partial charge in [0, 0.05) is 11.9 Å². The standard InChI is InChI=1S/C10H15NO2/c12-6-10-2-1-5-11(10)8-13-7-9-3-4-9/h1-2,5,9,12H,3-4,6-8H2. The Balaban J connectivity index is 1.78. The molecule has 0 amide bonds. The SMILES string of the molecule is OCc1cccn1COCC1CC1. The van der Waals surface area contributed by atoms with Crippen LogP contribution in [-0.4, -0.2) is 16.3 Å². The molecule has 1 aliphatic carbocycles. The van der Waals surface area contributed by atoms with Crippen LogP contribution in [0, 0.1) is 5.92 Å². The minimum Gasteiger partial charge on any atom is -0.390 e. The second kappa shape index (κ2) is 3.94. The van der Waals surface area contributed by atoms with E-state index in [0.717, 1.165) is 18.2 Å². The summed E-state index contributed by atoms with van der Waals surface area (Å²) in [5.41, 5.74) is 0.913. The molecular formula is C10H15NO2. The maximum Gasteiger partial charge on any atom is 0.122 e. The molecule has 0 bridgehead atoms. The molecule has 1 heterocycles. The van der Waals surface area contributed by atoms with E-state index in [1.807, 2.05) is 22.9 Å². The van der Waals surface area contributed by atoms with Gasteiger partial charge in [0.25, 0.3) is 0 Å². The molecule has 72 valence electrons. The number of hydrogen-bond donors (Lipinski definition) is 1. The van der Waals surface area contributed by atoms with E-state index in [1.165, 1.54) is 12.8 Å². The van der Waals surface area contributed by atoms with Gasteiger partial charge in [-0.2, -0.15) is 0 Å². The van der Waals surface area contributed by atoms with Gasteiger partial charge in [-0.1, -0.05) is 0 Å². The molecule has 1 fully saturated rings. The highest BCUT2D eigenvalue weighted by Crippen LogP contribution is 2.28. The first-order valence-corrected chi connectivity index (χ1v) is 4.73. The Morgan fingerprint density at radius 1 is 1.54 bits per heavy atom. The van der Waals surface area contributed by atoms with Crippen molar-refractivity contribution in [3.8, 4) is 0 Å². The molecule has 13 heavy (non-hydrogen) atoms. The third-order valence-electron chi connectivity index (χ3n) is 2.37. The van der Waals surface area contributed by atoms with Crippen LogP contribution in [0.5, 0.6) is 0 Å². The molecule has 0 unspecified atom stereocenters. The molecule has 1 aromatic heterocycles. The molecule has 1 aliphatic rings. The first kappa shape index (κ1) is 8.78. The van der Waals surface area contributed by atoms with Crippen LogP contribution >= 0.6 is 0 Å². The summed E-state index contributed by atoms with van der Waals surface area (Å²) >= 11 is 0. The third kappa shape index (κ3) is 2.32. The fraction of sp³-hybridized carbons (Fsp3) is 0.600. The molecule has 3 heteroatoms. The number of ether oxygens (including phenoxy) is 1. The maximum absolute atomic E-state index is 8.95. The molecule has 1 saturated carbocycles. The van der Waals surface area contributed by atoms with Gasteiger partial charge in [0.05, 0.1) is 13.2 Å². The van der Waals surface area contributed by atoms with Crippen molar-refractivity contribution in [2.75, 3.05) is 6.61 Å². The number of aliphatic hydroxyl groups is 1. The lowest BCUT2D eigenvalue weighted by molar-refractivity contribution is 0.0651. The van der Waals surface area contributed by atoms with E-state index in [-0.39, 0.29) is 6.61 Å². The van der Waals surface area contributed by atoms with E-state index >= 15 is 0 Å². The molecular weight excluding hydrogens is 166 g/mol. The van der Waals surface area contributed by atoms with E-state index in [4.69, 9.17) is 9.84 Å². The lowest BCUT2D eigenvalue weighted by Crippen LogP contribution is -2.06. The van der Waals surface area contributed by atoms with Crippen molar-refractivity contribution >= 4 is 0 Å². The van der Waals surface area contributed by atoms with E-state index < -0.39 is 0 Å². The molecule has 0 spiro atoms. The highest BCUT2D eigenvalue weighted by Gasteiger charge is 2.21. The predicted molar refractivity (Wildman–Crippen MR) is 49.0 cm³/mol. The Morgan fingerprint density at radius 3 is 3.08 bits per heavy atom. The number of rotatable bonds is 5. The van der Waals surface area contributed by atoms with Crippen LogP contribution < -0.4 is 0 Å². The lowest BCUT2D eigenvalue weighted by atomic mass is 10.4. The van der Waals surface area contributed by atoms with Crippen LogP contribution in [0.3, 0.4) is 0 Å². The smallest absolute Gasteiger partial charge is 0.122 e. The van der Waals surface area contributed by atoms with Crippen molar-refractivity contribution in [3.63, 3.8) is 0 Å². The van der Waals surface area contributed by atoms with Crippen LogP contribution in [-0.2, 0) is 18.1 Å². The van der Waals surface area contributed by atoms with Gasteiger partial charge in [-0.15, -0.1) is 0 Å². The highest BCUT2D eigenvalue weighted by atomic mass is 16.5. The van der Waals surface area contributed by atoms with Crippen molar-refractivity contribution < 1.29 is 9.84 Å². The zero-order valence-corrected chi connectivity index (χ0v) is 7.65. The first-order chi connectivity index (χ1) is 6.40. The van der Waals surface area contributed by atoms with E-state index in [1.54, 1.807) is 0 Å². The second-order valence-corrected chi connectivity index (χ2v) is 3.57. The quantitative estimate of drug-likeness (QED) is 0.744. The topological polar surface area (TPSA) is 34.4 Å². The van der Waals surface area contributed by atoms with Gasteiger partial charge < -0.3 is 14.4 Å². The Kier molecular flexibility index (Phi) is 2.66. The molecule has 2 rings (SSSR count). The molecule has 0 aliphatic heterocycles. The van der Waals surface area contributed by atoms with Crippen LogP contribution in [0.2, 0.25) is 0 Å². The monoisotopic (exact) mass is 181 g/mol. The Hall–Kier alpha value is -0.800.